The number of hydrogen-bond donors (Lipinski definition) is 2. The molecule has 0 bridgehead atoms. The number of benzene rings is 2. The molecule has 7 nitrogen and oxygen atoms in total. The van der Waals surface area contributed by atoms with Gasteiger partial charge in [0, 0.05) is 18.7 Å². The molecule has 1 aliphatic rings. The number of nitrogens with zero attached hydrogens (tertiary/aromatic N) is 4. The summed E-state index contributed by atoms with van der Waals surface area (Å²) in [7, 11) is 0. The molecule has 0 aliphatic carbocycles. The zero-order valence-corrected chi connectivity index (χ0v) is 22.0. The predicted octanol–water partition coefficient (Wildman–Crippen LogP) is 5.85. The zero-order valence-electron chi connectivity index (χ0n) is 22.0. The Morgan fingerprint density at radius 1 is 0.975 bits per heavy atom. The second-order valence-electron chi connectivity index (χ2n) is 10.7. The van der Waals surface area contributed by atoms with E-state index < -0.39 is 35.4 Å². The molecule has 2 aromatic carbocycles. The van der Waals surface area contributed by atoms with Crippen LogP contribution in [0, 0.1) is 11.3 Å². The van der Waals surface area contributed by atoms with E-state index in [1.807, 2.05) is 38.1 Å². The van der Waals surface area contributed by atoms with Gasteiger partial charge in [0.05, 0.1) is 16.5 Å². The molecule has 0 atom stereocenters. The molecule has 0 spiro atoms. The number of piperidine rings is 1. The van der Waals surface area contributed by atoms with Crippen LogP contribution in [0.15, 0.2) is 42.5 Å². The van der Waals surface area contributed by atoms with E-state index in [0.717, 1.165) is 11.1 Å². The van der Waals surface area contributed by atoms with Crippen molar-refractivity contribution in [2.45, 2.75) is 58.6 Å². The van der Waals surface area contributed by atoms with E-state index in [-0.39, 0.29) is 23.5 Å². The van der Waals surface area contributed by atoms with Gasteiger partial charge < -0.3 is 5.32 Å². The van der Waals surface area contributed by atoms with Crippen LogP contribution in [0.25, 0.3) is 11.4 Å². The van der Waals surface area contributed by atoms with Gasteiger partial charge in [-0.05, 0) is 72.8 Å². The number of carbonyl (C=O) groups excluding carboxylic acids is 1. The fourth-order valence-corrected chi connectivity index (χ4v) is 5.24. The SMILES string of the molecule is CC(C)CC1(C(=O)NCc2cc(C(F)(F)F)cc(C(F)(F)F)c2)CCN(Cc2ccc(-c3nn[nH]n3)cc2)CC1. The van der Waals surface area contributed by atoms with E-state index in [1.54, 1.807) is 0 Å². The van der Waals surface area contributed by atoms with Crippen molar-refractivity contribution in [1.82, 2.24) is 30.8 Å². The molecular weight excluding hydrogens is 538 g/mol. The minimum absolute atomic E-state index is 0.0834. The Kier molecular flexibility index (Phi) is 8.52. The largest absolute Gasteiger partial charge is 0.416 e. The van der Waals surface area contributed by atoms with E-state index in [1.165, 1.54) is 0 Å². The standard InChI is InChI=1S/C27H30F6N6O/c1-17(2)14-25(24(40)34-15-19-11-21(26(28,29)30)13-22(12-19)27(31,32)33)7-9-39(10-8-25)16-18-3-5-20(6-4-18)23-35-37-38-36-23/h3-6,11-13,17H,7-10,14-16H2,1-2H3,(H,34,40)(H,35,36,37,38). The molecule has 1 saturated heterocycles. The van der Waals surface area contributed by atoms with Crippen LogP contribution in [0.5, 0.6) is 0 Å². The summed E-state index contributed by atoms with van der Waals surface area (Å²) >= 11 is 0. The second-order valence-corrected chi connectivity index (χ2v) is 10.7. The van der Waals surface area contributed by atoms with Gasteiger partial charge in [-0.2, -0.15) is 31.6 Å². The molecule has 40 heavy (non-hydrogen) atoms. The number of likely N-dealkylation sites (tertiary alicyclic amines) is 1. The maximum Gasteiger partial charge on any atom is 0.416 e. The van der Waals surface area contributed by atoms with Crippen molar-refractivity contribution in [3.63, 3.8) is 0 Å². The lowest BCUT2D eigenvalue weighted by molar-refractivity contribution is -0.143. The minimum atomic E-state index is -4.95. The molecule has 216 valence electrons. The first kappa shape index (κ1) is 29.5. The van der Waals surface area contributed by atoms with Crippen molar-refractivity contribution in [2.75, 3.05) is 13.1 Å². The molecule has 3 aromatic rings. The van der Waals surface area contributed by atoms with Crippen molar-refractivity contribution in [3.8, 4) is 11.4 Å². The molecular formula is C27H30F6N6O. The van der Waals surface area contributed by atoms with Gasteiger partial charge in [-0.25, -0.2) is 0 Å². The van der Waals surface area contributed by atoms with Gasteiger partial charge >= 0.3 is 12.4 Å². The highest BCUT2D eigenvalue weighted by atomic mass is 19.4. The number of tetrazole rings is 1. The quantitative estimate of drug-likeness (QED) is 0.333. The van der Waals surface area contributed by atoms with Crippen LogP contribution in [0.4, 0.5) is 26.3 Å². The molecule has 1 fully saturated rings. The van der Waals surface area contributed by atoms with Crippen LogP contribution < -0.4 is 5.32 Å². The summed E-state index contributed by atoms with van der Waals surface area (Å²) in [6, 6.07) is 9.13. The number of halogens is 6. The number of rotatable bonds is 8. The number of alkyl halides is 6. The van der Waals surface area contributed by atoms with Gasteiger partial charge in [-0.3, -0.25) is 9.69 Å². The van der Waals surface area contributed by atoms with E-state index in [0.29, 0.717) is 56.9 Å². The second kappa shape index (κ2) is 11.6. The number of carbonyl (C=O) groups is 1. The first-order chi connectivity index (χ1) is 18.7. The summed E-state index contributed by atoms with van der Waals surface area (Å²) < 4.78 is 79.4. The van der Waals surface area contributed by atoms with Gasteiger partial charge in [0.25, 0.3) is 0 Å². The third-order valence-corrected chi connectivity index (χ3v) is 7.16. The first-order valence-corrected chi connectivity index (χ1v) is 12.9. The first-order valence-electron chi connectivity index (χ1n) is 12.9. The number of aromatic amines is 1. The summed E-state index contributed by atoms with van der Waals surface area (Å²) in [5, 5.41) is 16.5. The van der Waals surface area contributed by atoms with Gasteiger partial charge in [0.1, 0.15) is 0 Å². The van der Waals surface area contributed by atoms with Crippen LogP contribution in [-0.2, 0) is 30.2 Å². The normalized spacial score (nSPS) is 16.3. The van der Waals surface area contributed by atoms with Crippen molar-refractivity contribution in [2.24, 2.45) is 11.3 Å². The molecule has 13 heteroatoms. The Bertz CT molecular complexity index is 1250. The average molecular weight is 569 g/mol. The van der Waals surface area contributed by atoms with Crippen molar-refractivity contribution in [3.05, 3.63) is 64.7 Å². The van der Waals surface area contributed by atoms with Crippen LogP contribution in [0.2, 0.25) is 0 Å². The Balaban J connectivity index is 1.42. The van der Waals surface area contributed by atoms with Crippen molar-refractivity contribution in [1.29, 1.82) is 0 Å². The van der Waals surface area contributed by atoms with Crippen LogP contribution in [0.3, 0.4) is 0 Å². The van der Waals surface area contributed by atoms with Gasteiger partial charge in [0.2, 0.25) is 11.7 Å². The smallest absolute Gasteiger partial charge is 0.352 e. The molecule has 1 aromatic heterocycles. The molecule has 0 saturated carbocycles. The average Bonchev–Trinajstić information content (AvgIpc) is 3.42. The van der Waals surface area contributed by atoms with E-state index >= 15 is 0 Å². The van der Waals surface area contributed by atoms with Gasteiger partial charge in [0.15, 0.2) is 0 Å². The molecule has 0 unspecified atom stereocenters. The zero-order chi connectivity index (χ0) is 29.1. The highest BCUT2D eigenvalue weighted by Crippen LogP contribution is 2.39. The lowest BCUT2D eigenvalue weighted by Crippen LogP contribution is -2.49. The van der Waals surface area contributed by atoms with Crippen LogP contribution >= 0.6 is 0 Å². The number of H-pyrrole nitrogens is 1. The summed E-state index contributed by atoms with van der Waals surface area (Å²) in [6.07, 6.45) is -8.29. The highest BCUT2D eigenvalue weighted by Gasteiger charge is 2.42. The fraction of sp³-hybridized carbons (Fsp3) is 0.481. The Labute approximate surface area is 227 Å². The predicted molar refractivity (Wildman–Crippen MR) is 134 cm³/mol. The number of amides is 1. The maximum atomic E-state index is 13.4. The van der Waals surface area contributed by atoms with Gasteiger partial charge in [-0.1, -0.05) is 38.1 Å². The highest BCUT2D eigenvalue weighted by molar-refractivity contribution is 5.82. The molecule has 0 radical (unpaired) electrons. The van der Waals surface area contributed by atoms with Crippen molar-refractivity contribution >= 4 is 5.91 Å². The van der Waals surface area contributed by atoms with E-state index in [4.69, 9.17) is 0 Å². The van der Waals surface area contributed by atoms with Crippen LogP contribution in [0.1, 0.15) is 55.4 Å². The van der Waals surface area contributed by atoms with E-state index in [2.05, 4.69) is 30.8 Å². The lowest BCUT2D eigenvalue weighted by atomic mass is 9.71. The topological polar surface area (TPSA) is 86.8 Å². The number of hydrogen-bond acceptors (Lipinski definition) is 5. The Morgan fingerprint density at radius 3 is 2.08 bits per heavy atom. The van der Waals surface area contributed by atoms with Crippen LogP contribution in [-0.4, -0.2) is 44.5 Å². The van der Waals surface area contributed by atoms with Crippen molar-refractivity contribution < 1.29 is 31.1 Å². The number of nitrogens with one attached hydrogen (secondary N) is 2. The summed E-state index contributed by atoms with van der Waals surface area (Å²) in [5.41, 5.74) is -1.92. The summed E-state index contributed by atoms with van der Waals surface area (Å²) in [5.74, 6) is 0.311. The maximum absolute atomic E-state index is 13.4. The lowest BCUT2D eigenvalue weighted by Gasteiger charge is -2.41. The summed E-state index contributed by atoms with van der Waals surface area (Å²) in [6.45, 7) is 5.44. The molecule has 1 aliphatic heterocycles. The van der Waals surface area contributed by atoms with E-state index in [9.17, 15) is 31.1 Å². The Morgan fingerprint density at radius 2 is 1.57 bits per heavy atom. The molecule has 2 heterocycles. The molecule has 4 rings (SSSR count). The monoisotopic (exact) mass is 568 g/mol. The summed E-state index contributed by atoms with van der Waals surface area (Å²) in [4.78, 5) is 15.6. The minimum Gasteiger partial charge on any atom is -0.352 e. The molecule has 2 N–H and O–H groups in total. The fourth-order valence-electron chi connectivity index (χ4n) is 5.24. The van der Waals surface area contributed by atoms with Gasteiger partial charge in [-0.15, -0.1) is 10.2 Å². The molecule has 1 amide bonds. The number of aromatic nitrogens is 4. The Hall–Kier alpha value is -3.48. The third-order valence-electron chi connectivity index (χ3n) is 7.16. The third kappa shape index (κ3) is 7.18.